The second-order valence-electron chi connectivity index (χ2n) is 5.90. The fraction of sp³-hybridized carbons (Fsp3) is 0.929. The predicted octanol–water partition coefficient (Wildman–Crippen LogP) is 2.04. The summed E-state index contributed by atoms with van der Waals surface area (Å²) >= 11 is 0. The minimum Gasteiger partial charge on any atom is -0.372 e. The van der Waals surface area contributed by atoms with E-state index in [0.29, 0.717) is 12.6 Å². The predicted molar refractivity (Wildman–Crippen MR) is 71.9 cm³/mol. The van der Waals surface area contributed by atoms with E-state index in [1.54, 1.807) is 0 Å². The summed E-state index contributed by atoms with van der Waals surface area (Å²) in [5, 5.41) is 0. The first kappa shape index (κ1) is 16.5. The van der Waals surface area contributed by atoms with Gasteiger partial charge in [0.2, 0.25) is 5.91 Å². The van der Waals surface area contributed by atoms with Gasteiger partial charge in [-0.1, -0.05) is 0 Å². The van der Waals surface area contributed by atoms with Crippen LogP contribution in [0.4, 0.5) is 13.2 Å². The molecule has 21 heavy (non-hydrogen) atoms. The van der Waals surface area contributed by atoms with Crippen LogP contribution in [-0.2, 0) is 9.53 Å². The first-order valence-electron chi connectivity index (χ1n) is 7.53. The number of nitrogens with zero attached hydrogens (tertiary/aromatic N) is 2. The summed E-state index contributed by atoms with van der Waals surface area (Å²) in [5.41, 5.74) is 0. The molecule has 2 aliphatic rings. The van der Waals surface area contributed by atoms with Gasteiger partial charge in [0.1, 0.15) is 6.61 Å². The van der Waals surface area contributed by atoms with Crippen molar-refractivity contribution in [3.8, 4) is 0 Å². The van der Waals surface area contributed by atoms with E-state index in [1.165, 1.54) is 0 Å². The summed E-state index contributed by atoms with van der Waals surface area (Å²) in [6, 6.07) is 0.611. The number of rotatable bonds is 5. The van der Waals surface area contributed by atoms with Crippen LogP contribution in [0.15, 0.2) is 0 Å². The maximum absolute atomic E-state index is 12.2. The van der Waals surface area contributed by atoms with Gasteiger partial charge < -0.3 is 14.5 Å². The number of carbonyl (C=O) groups is 1. The largest absolute Gasteiger partial charge is 0.411 e. The highest BCUT2D eigenvalue weighted by Crippen LogP contribution is 2.29. The van der Waals surface area contributed by atoms with Crippen molar-refractivity contribution in [1.29, 1.82) is 0 Å². The van der Waals surface area contributed by atoms with Crippen molar-refractivity contribution in [2.75, 3.05) is 33.4 Å². The molecule has 0 aromatic rings. The quantitative estimate of drug-likeness (QED) is 0.729. The van der Waals surface area contributed by atoms with Crippen molar-refractivity contribution in [1.82, 2.24) is 9.80 Å². The van der Waals surface area contributed by atoms with Crippen molar-refractivity contribution in [2.24, 2.45) is 0 Å². The third-order valence-electron chi connectivity index (χ3n) is 4.37. The smallest absolute Gasteiger partial charge is 0.372 e. The molecule has 0 aromatic carbocycles. The Labute approximate surface area is 123 Å². The molecule has 2 fully saturated rings. The van der Waals surface area contributed by atoms with E-state index < -0.39 is 12.8 Å². The number of hydrogen-bond acceptors (Lipinski definition) is 3. The first-order chi connectivity index (χ1) is 9.88. The van der Waals surface area contributed by atoms with Crippen LogP contribution in [0, 0.1) is 0 Å². The monoisotopic (exact) mass is 308 g/mol. The number of ether oxygens (including phenoxy) is 1. The Morgan fingerprint density at radius 1 is 1.19 bits per heavy atom. The Morgan fingerprint density at radius 2 is 1.86 bits per heavy atom. The highest BCUT2D eigenvalue weighted by molar-refractivity contribution is 5.77. The van der Waals surface area contributed by atoms with Crippen molar-refractivity contribution >= 4 is 5.91 Å². The summed E-state index contributed by atoms with van der Waals surface area (Å²) in [6.45, 7) is 0.322. The van der Waals surface area contributed by atoms with Gasteiger partial charge >= 0.3 is 6.18 Å². The molecule has 0 saturated carbocycles. The van der Waals surface area contributed by atoms with Gasteiger partial charge in [-0.15, -0.1) is 0 Å². The lowest BCUT2D eigenvalue weighted by Gasteiger charge is -2.33. The number of alkyl halides is 3. The van der Waals surface area contributed by atoms with Crippen LogP contribution in [0.5, 0.6) is 0 Å². The van der Waals surface area contributed by atoms with Crippen LogP contribution in [0.25, 0.3) is 0 Å². The van der Waals surface area contributed by atoms with E-state index in [-0.39, 0.29) is 25.0 Å². The lowest BCUT2D eigenvalue weighted by atomic mass is 10.0. The van der Waals surface area contributed by atoms with E-state index in [9.17, 15) is 18.0 Å². The van der Waals surface area contributed by atoms with Gasteiger partial charge in [-0.05, 0) is 39.3 Å². The highest BCUT2D eigenvalue weighted by atomic mass is 19.4. The molecule has 122 valence electrons. The fourth-order valence-electron chi connectivity index (χ4n) is 3.42. The van der Waals surface area contributed by atoms with Gasteiger partial charge in [0.15, 0.2) is 0 Å². The van der Waals surface area contributed by atoms with Crippen molar-refractivity contribution in [3.63, 3.8) is 0 Å². The van der Waals surface area contributed by atoms with Crippen molar-refractivity contribution in [3.05, 3.63) is 0 Å². The van der Waals surface area contributed by atoms with E-state index in [4.69, 9.17) is 0 Å². The molecule has 0 aromatic heterocycles. The molecular formula is C14H23F3N2O2. The van der Waals surface area contributed by atoms with Crippen molar-refractivity contribution in [2.45, 2.75) is 50.4 Å². The molecule has 1 amide bonds. The van der Waals surface area contributed by atoms with Gasteiger partial charge in [-0.25, -0.2) is 0 Å². The Morgan fingerprint density at radius 3 is 2.48 bits per heavy atom. The van der Waals surface area contributed by atoms with Gasteiger partial charge in [-0.3, -0.25) is 4.79 Å². The Kier molecular flexibility index (Phi) is 5.48. The SMILES string of the molecule is CN1CCC[C@@H]1[C@H]1CCCN1C(=O)CCOCC(F)(F)F. The minimum absolute atomic E-state index is 0.0308. The molecule has 2 saturated heterocycles. The summed E-state index contributed by atoms with van der Waals surface area (Å²) < 4.78 is 40.4. The molecule has 7 heteroatoms. The van der Waals surface area contributed by atoms with Crippen LogP contribution in [0.3, 0.4) is 0 Å². The maximum atomic E-state index is 12.2. The number of amides is 1. The lowest BCUT2D eigenvalue weighted by molar-refractivity contribution is -0.175. The van der Waals surface area contributed by atoms with Gasteiger partial charge in [-0.2, -0.15) is 13.2 Å². The summed E-state index contributed by atoms with van der Waals surface area (Å²) in [7, 11) is 2.07. The van der Waals surface area contributed by atoms with Crippen LogP contribution in [0.1, 0.15) is 32.1 Å². The topological polar surface area (TPSA) is 32.8 Å². The molecule has 4 nitrogen and oxygen atoms in total. The summed E-state index contributed by atoms with van der Waals surface area (Å²) in [4.78, 5) is 16.3. The third-order valence-corrected chi connectivity index (χ3v) is 4.37. The second kappa shape index (κ2) is 6.96. The zero-order valence-electron chi connectivity index (χ0n) is 12.4. The lowest BCUT2D eigenvalue weighted by Crippen LogP contribution is -2.47. The molecule has 0 N–H and O–H groups in total. The molecule has 0 radical (unpaired) electrons. The fourth-order valence-corrected chi connectivity index (χ4v) is 3.42. The first-order valence-corrected chi connectivity index (χ1v) is 7.53. The van der Waals surface area contributed by atoms with Gasteiger partial charge in [0.25, 0.3) is 0 Å². The molecule has 2 rings (SSSR count). The molecule has 2 aliphatic heterocycles. The van der Waals surface area contributed by atoms with Gasteiger partial charge in [0, 0.05) is 18.6 Å². The summed E-state index contributed by atoms with van der Waals surface area (Å²) in [5.74, 6) is -0.0834. The van der Waals surface area contributed by atoms with Gasteiger partial charge in [0.05, 0.1) is 13.0 Å². The second-order valence-corrected chi connectivity index (χ2v) is 5.90. The molecule has 0 unspecified atom stereocenters. The number of carbonyl (C=O) groups excluding carboxylic acids is 1. The molecule has 2 atom stereocenters. The number of halogens is 3. The summed E-state index contributed by atoms with van der Waals surface area (Å²) in [6.07, 6.45) is -0.0903. The van der Waals surface area contributed by atoms with E-state index in [2.05, 4.69) is 16.7 Å². The normalized spacial score (nSPS) is 27.5. The number of hydrogen-bond donors (Lipinski definition) is 0. The molecule has 2 heterocycles. The highest BCUT2D eigenvalue weighted by Gasteiger charge is 2.38. The maximum Gasteiger partial charge on any atom is 0.411 e. The van der Waals surface area contributed by atoms with Crippen LogP contribution in [0.2, 0.25) is 0 Å². The molecule has 0 spiro atoms. The van der Waals surface area contributed by atoms with Crippen molar-refractivity contribution < 1.29 is 22.7 Å². The molecular weight excluding hydrogens is 285 g/mol. The Balaban J connectivity index is 1.78. The Hall–Kier alpha value is -0.820. The number of likely N-dealkylation sites (tertiary alicyclic amines) is 2. The van der Waals surface area contributed by atoms with E-state index in [1.807, 2.05) is 4.90 Å². The van der Waals surface area contributed by atoms with Crippen LogP contribution in [-0.4, -0.2) is 67.3 Å². The zero-order chi connectivity index (χ0) is 15.5. The number of likely N-dealkylation sites (N-methyl/N-ethyl adjacent to an activating group) is 1. The van der Waals surface area contributed by atoms with E-state index in [0.717, 1.165) is 32.2 Å². The minimum atomic E-state index is -4.33. The average Bonchev–Trinajstić information content (AvgIpc) is 3.01. The zero-order valence-corrected chi connectivity index (χ0v) is 12.4. The average molecular weight is 308 g/mol. The van der Waals surface area contributed by atoms with Crippen LogP contribution < -0.4 is 0 Å². The van der Waals surface area contributed by atoms with Crippen LogP contribution >= 0.6 is 0 Å². The standard InChI is InChI=1S/C14H23F3N2O2/c1-18-7-2-4-11(18)12-5-3-8-19(12)13(20)6-9-21-10-14(15,16)17/h11-12H,2-10H2,1H3/t11-,12-/m1/s1. The van der Waals surface area contributed by atoms with E-state index >= 15 is 0 Å². The Bertz CT molecular complexity index is 363. The molecule has 0 bridgehead atoms. The third kappa shape index (κ3) is 4.57. The molecule has 0 aliphatic carbocycles.